The highest BCUT2D eigenvalue weighted by Crippen LogP contribution is 2.24. The molecule has 5 heteroatoms. The fraction of sp³-hybridized carbons (Fsp3) is 0.133. The molecule has 3 nitrogen and oxygen atoms in total. The van der Waals surface area contributed by atoms with Crippen LogP contribution in [0.2, 0.25) is 0 Å². The number of hydrogen-bond donors (Lipinski definition) is 2. The molecule has 0 saturated carbocycles. The third kappa shape index (κ3) is 2.93. The van der Waals surface area contributed by atoms with E-state index in [1.165, 1.54) is 0 Å². The summed E-state index contributed by atoms with van der Waals surface area (Å²) in [5, 5.41) is 2.85. The van der Waals surface area contributed by atoms with Crippen LogP contribution < -0.4 is 11.1 Å². The van der Waals surface area contributed by atoms with Gasteiger partial charge in [0.15, 0.2) is 0 Å². The maximum absolute atomic E-state index is 13.8. The van der Waals surface area contributed by atoms with E-state index < -0.39 is 23.6 Å². The van der Waals surface area contributed by atoms with E-state index >= 15 is 0 Å². The Bertz CT molecular complexity index is 644. The molecule has 2 aromatic carbocycles. The van der Waals surface area contributed by atoms with Crippen molar-refractivity contribution in [3.63, 3.8) is 0 Å². The zero-order valence-corrected chi connectivity index (χ0v) is 10.9. The van der Waals surface area contributed by atoms with Gasteiger partial charge in [0, 0.05) is 11.3 Å². The number of rotatable bonds is 4. The Hall–Kier alpha value is -2.43. The molecule has 3 N–H and O–H groups in total. The Kier molecular flexibility index (Phi) is 3.98. The highest BCUT2D eigenvalue weighted by molar-refractivity contribution is 5.84. The van der Waals surface area contributed by atoms with Gasteiger partial charge in [0.05, 0.1) is 0 Å². The van der Waals surface area contributed by atoms with E-state index in [0.29, 0.717) is 5.69 Å². The first-order chi connectivity index (χ1) is 9.49. The normalized spacial score (nSPS) is 11.9. The number of aryl methyl sites for hydroxylation is 1. The molecule has 0 bridgehead atoms. The van der Waals surface area contributed by atoms with Crippen LogP contribution in [0.1, 0.15) is 17.2 Å². The molecule has 2 aromatic rings. The average molecular weight is 276 g/mol. The Morgan fingerprint density at radius 3 is 2.55 bits per heavy atom. The molecule has 104 valence electrons. The zero-order valence-electron chi connectivity index (χ0n) is 10.9. The molecule has 2 rings (SSSR count). The summed E-state index contributed by atoms with van der Waals surface area (Å²) in [6.07, 6.45) is 0. The second-order valence-corrected chi connectivity index (χ2v) is 4.46. The molecule has 1 atom stereocenters. The number of carbonyl (C=O) groups is 1. The molecule has 0 fully saturated rings. The highest BCUT2D eigenvalue weighted by atomic mass is 19.1. The minimum atomic E-state index is -1.13. The van der Waals surface area contributed by atoms with Crippen molar-refractivity contribution in [1.29, 1.82) is 0 Å². The average Bonchev–Trinajstić information content (AvgIpc) is 2.40. The molecule has 0 aliphatic rings. The lowest BCUT2D eigenvalue weighted by molar-refractivity contribution is -0.118. The molecule has 0 aliphatic carbocycles. The van der Waals surface area contributed by atoms with Crippen molar-refractivity contribution < 1.29 is 13.6 Å². The molecule has 20 heavy (non-hydrogen) atoms. The van der Waals surface area contributed by atoms with Gasteiger partial charge in [-0.2, -0.15) is 0 Å². The Balaban J connectivity index is 2.40. The number of anilines is 1. The molecule has 1 unspecified atom stereocenters. The molecule has 0 spiro atoms. The summed E-state index contributed by atoms with van der Waals surface area (Å²) in [7, 11) is 0. The lowest BCUT2D eigenvalue weighted by Crippen LogP contribution is -2.28. The van der Waals surface area contributed by atoms with E-state index in [9.17, 15) is 13.6 Å². The van der Waals surface area contributed by atoms with Crippen molar-refractivity contribution >= 4 is 11.6 Å². The Labute approximate surface area is 115 Å². The van der Waals surface area contributed by atoms with E-state index in [1.54, 1.807) is 12.1 Å². The van der Waals surface area contributed by atoms with Gasteiger partial charge in [-0.1, -0.05) is 18.2 Å². The van der Waals surface area contributed by atoms with Gasteiger partial charge in [-0.15, -0.1) is 0 Å². The number of para-hydroxylation sites is 1. The van der Waals surface area contributed by atoms with Gasteiger partial charge in [0.1, 0.15) is 17.7 Å². The van der Waals surface area contributed by atoms with Crippen LogP contribution in [0.5, 0.6) is 0 Å². The van der Waals surface area contributed by atoms with Crippen molar-refractivity contribution in [3.05, 3.63) is 65.2 Å². The fourth-order valence-electron chi connectivity index (χ4n) is 1.93. The third-order valence-corrected chi connectivity index (χ3v) is 3.00. The molecular weight excluding hydrogens is 262 g/mol. The van der Waals surface area contributed by atoms with Crippen LogP contribution in [0.4, 0.5) is 14.5 Å². The number of primary amides is 1. The summed E-state index contributed by atoms with van der Waals surface area (Å²) in [4.78, 5) is 11.5. The second kappa shape index (κ2) is 5.69. The number of hydrogen-bond acceptors (Lipinski definition) is 2. The van der Waals surface area contributed by atoms with Gasteiger partial charge in [0.25, 0.3) is 0 Å². The van der Waals surface area contributed by atoms with E-state index in [0.717, 1.165) is 23.8 Å². The predicted octanol–water partition coefficient (Wildman–Crippen LogP) is 2.91. The van der Waals surface area contributed by atoms with Gasteiger partial charge in [-0.25, -0.2) is 8.78 Å². The number of benzene rings is 2. The summed E-state index contributed by atoms with van der Waals surface area (Å²) in [5.74, 6) is -2.09. The lowest BCUT2D eigenvalue weighted by Gasteiger charge is -2.19. The second-order valence-electron chi connectivity index (χ2n) is 4.46. The van der Waals surface area contributed by atoms with Crippen LogP contribution >= 0.6 is 0 Å². The summed E-state index contributed by atoms with van der Waals surface area (Å²) in [6.45, 7) is 1.84. The predicted molar refractivity (Wildman–Crippen MR) is 73.1 cm³/mol. The molecule has 0 radical (unpaired) electrons. The standard InChI is InChI=1S/C15H14F2N2O/c1-9-4-2-3-5-13(9)19-14(15(18)20)11-8-10(16)6-7-12(11)17/h2-8,14,19H,1H3,(H2,18,20). The molecular formula is C15H14F2N2O. The van der Waals surface area contributed by atoms with E-state index in [1.807, 2.05) is 19.1 Å². The van der Waals surface area contributed by atoms with Gasteiger partial charge in [-0.3, -0.25) is 4.79 Å². The topological polar surface area (TPSA) is 55.1 Å². The maximum Gasteiger partial charge on any atom is 0.244 e. The molecule has 0 aliphatic heterocycles. The number of carbonyl (C=O) groups excluding carboxylic acids is 1. The van der Waals surface area contributed by atoms with Crippen molar-refractivity contribution in [1.82, 2.24) is 0 Å². The first-order valence-corrected chi connectivity index (χ1v) is 6.05. The van der Waals surface area contributed by atoms with Crippen molar-refractivity contribution in [2.45, 2.75) is 13.0 Å². The number of amides is 1. The number of nitrogens with two attached hydrogens (primary N) is 1. The number of halogens is 2. The summed E-state index contributed by atoms with van der Waals surface area (Å²) in [6, 6.07) is 8.98. The smallest absolute Gasteiger partial charge is 0.244 e. The lowest BCUT2D eigenvalue weighted by atomic mass is 10.0. The number of nitrogens with one attached hydrogen (secondary N) is 1. The van der Waals surface area contributed by atoms with Gasteiger partial charge >= 0.3 is 0 Å². The molecule has 0 aromatic heterocycles. The van der Waals surface area contributed by atoms with Crippen LogP contribution in [0.3, 0.4) is 0 Å². The fourth-order valence-corrected chi connectivity index (χ4v) is 1.93. The largest absolute Gasteiger partial charge is 0.370 e. The first kappa shape index (κ1) is 14.0. The van der Waals surface area contributed by atoms with Crippen LogP contribution in [0.25, 0.3) is 0 Å². The van der Waals surface area contributed by atoms with Crippen molar-refractivity contribution in [2.24, 2.45) is 5.73 Å². The molecule has 0 saturated heterocycles. The van der Waals surface area contributed by atoms with Crippen LogP contribution in [0, 0.1) is 18.6 Å². The Morgan fingerprint density at radius 1 is 1.20 bits per heavy atom. The van der Waals surface area contributed by atoms with E-state index in [-0.39, 0.29) is 5.56 Å². The van der Waals surface area contributed by atoms with Crippen molar-refractivity contribution in [2.75, 3.05) is 5.32 Å². The quantitative estimate of drug-likeness (QED) is 0.902. The zero-order chi connectivity index (χ0) is 14.7. The monoisotopic (exact) mass is 276 g/mol. The van der Waals surface area contributed by atoms with E-state index in [4.69, 9.17) is 5.73 Å². The first-order valence-electron chi connectivity index (χ1n) is 6.05. The molecule has 0 heterocycles. The summed E-state index contributed by atoms with van der Waals surface area (Å²) in [5.41, 5.74) is 6.69. The van der Waals surface area contributed by atoms with Crippen LogP contribution in [0.15, 0.2) is 42.5 Å². The van der Waals surface area contributed by atoms with Crippen molar-refractivity contribution in [3.8, 4) is 0 Å². The SMILES string of the molecule is Cc1ccccc1NC(C(N)=O)c1cc(F)ccc1F. The highest BCUT2D eigenvalue weighted by Gasteiger charge is 2.22. The Morgan fingerprint density at radius 2 is 1.90 bits per heavy atom. The van der Waals surface area contributed by atoms with Crippen LogP contribution in [-0.2, 0) is 4.79 Å². The summed E-state index contributed by atoms with van der Waals surface area (Å²) >= 11 is 0. The minimum Gasteiger partial charge on any atom is -0.370 e. The minimum absolute atomic E-state index is 0.110. The molecule has 1 amide bonds. The van der Waals surface area contributed by atoms with Gasteiger partial charge in [-0.05, 0) is 36.8 Å². The summed E-state index contributed by atoms with van der Waals surface area (Å²) < 4.78 is 27.0. The van der Waals surface area contributed by atoms with Crippen LogP contribution in [-0.4, -0.2) is 5.91 Å². The van der Waals surface area contributed by atoms with Gasteiger partial charge < -0.3 is 11.1 Å². The van der Waals surface area contributed by atoms with Gasteiger partial charge in [0.2, 0.25) is 5.91 Å². The van der Waals surface area contributed by atoms with E-state index in [2.05, 4.69) is 5.32 Å². The third-order valence-electron chi connectivity index (χ3n) is 3.00. The maximum atomic E-state index is 13.8.